The average molecular weight is 461 g/mol. The van der Waals surface area contributed by atoms with E-state index in [1.807, 2.05) is 11.2 Å². The van der Waals surface area contributed by atoms with Crippen molar-refractivity contribution in [3.63, 3.8) is 0 Å². The Morgan fingerprint density at radius 3 is 1.24 bits per heavy atom. The van der Waals surface area contributed by atoms with Gasteiger partial charge in [0.05, 0.1) is 0 Å². The van der Waals surface area contributed by atoms with E-state index in [4.69, 9.17) is 18.6 Å². The molecule has 0 aliphatic rings. The molecule has 0 saturated carbocycles. The second kappa shape index (κ2) is 10.7. The first kappa shape index (κ1) is 24.1. The number of fused-ring (bicyclic) bond motifs is 2. The third-order valence-electron chi connectivity index (χ3n) is 5.15. The van der Waals surface area contributed by atoms with Crippen molar-refractivity contribution in [1.82, 2.24) is 0 Å². The zero-order valence-corrected chi connectivity index (χ0v) is 21.5. The van der Waals surface area contributed by atoms with Gasteiger partial charge in [0.2, 0.25) is 0 Å². The molecule has 0 heterocycles. The minimum Gasteiger partial charge on any atom is -0.165 e. The van der Waals surface area contributed by atoms with E-state index in [1.165, 1.54) is 54.9 Å². The first-order chi connectivity index (χ1) is 13.6. The summed E-state index contributed by atoms with van der Waals surface area (Å²) in [6.07, 6.45) is 0. The van der Waals surface area contributed by atoms with Crippen LogP contribution in [0.5, 0.6) is 0 Å². The SMILES string of the molecule is C[CH]=[Ti]([Cl])[Cl].Cc1cc2cc(C)c(C)cc2[cH-]1.Cc1cc2cc(C)c(C)cc2[cH-]1. The van der Waals surface area contributed by atoms with Crippen LogP contribution in [0.25, 0.3) is 21.5 Å². The van der Waals surface area contributed by atoms with Gasteiger partial charge in [0.25, 0.3) is 0 Å². The molecular formula is C26H30Cl2Ti-2. The number of benzene rings is 2. The van der Waals surface area contributed by atoms with Crippen molar-refractivity contribution in [2.45, 2.75) is 48.5 Å². The van der Waals surface area contributed by atoms with E-state index in [9.17, 15) is 0 Å². The summed E-state index contributed by atoms with van der Waals surface area (Å²) in [6, 6.07) is 18.0. The van der Waals surface area contributed by atoms with E-state index in [0.29, 0.717) is 0 Å². The number of hydrogen-bond acceptors (Lipinski definition) is 0. The summed E-state index contributed by atoms with van der Waals surface area (Å²) in [5.41, 5.74) is 8.24. The Kier molecular flexibility index (Phi) is 8.92. The molecule has 0 radical (unpaired) electrons. The minimum absolute atomic E-state index is 1.36. The minimum atomic E-state index is -1.54. The van der Waals surface area contributed by atoms with Gasteiger partial charge in [0, 0.05) is 0 Å². The third-order valence-corrected chi connectivity index (χ3v) is 7.63. The predicted octanol–water partition coefficient (Wildman–Crippen LogP) is 8.70. The first-order valence-electron chi connectivity index (χ1n) is 9.86. The van der Waals surface area contributed by atoms with Crippen LogP contribution in [0.3, 0.4) is 0 Å². The van der Waals surface area contributed by atoms with Crippen molar-refractivity contribution in [3.8, 4) is 0 Å². The summed E-state index contributed by atoms with van der Waals surface area (Å²) in [5.74, 6) is 0. The smallest absolute Gasteiger partial charge is 0.0411 e. The average Bonchev–Trinajstić information content (AvgIpc) is 3.17. The molecule has 0 aromatic heterocycles. The topological polar surface area (TPSA) is 0 Å². The molecule has 0 aliphatic heterocycles. The zero-order valence-electron chi connectivity index (χ0n) is 18.5. The van der Waals surface area contributed by atoms with E-state index in [-0.39, 0.29) is 0 Å². The molecule has 0 nitrogen and oxygen atoms in total. The van der Waals surface area contributed by atoms with Gasteiger partial charge in [-0.25, -0.2) is 0 Å². The monoisotopic (exact) mass is 460 g/mol. The zero-order chi connectivity index (χ0) is 21.7. The predicted molar refractivity (Wildman–Crippen MR) is 131 cm³/mol. The Hall–Kier alpha value is -1.18. The Bertz CT molecular complexity index is 977. The fraction of sp³-hybridized carbons (Fsp3) is 0.269. The molecule has 4 aromatic rings. The Morgan fingerprint density at radius 1 is 0.621 bits per heavy atom. The summed E-state index contributed by atoms with van der Waals surface area (Å²) in [7, 11) is 10.7. The van der Waals surface area contributed by atoms with Gasteiger partial charge in [-0.15, -0.1) is 69.1 Å². The molecule has 0 atom stereocenters. The van der Waals surface area contributed by atoms with E-state index in [0.717, 1.165) is 0 Å². The normalized spacial score (nSPS) is 10.2. The van der Waals surface area contributed by atoms with Gasteiger partial charge >= 0.3 is 45.1 Å². The molecule has 0 fully saturated rings. The number of halogens is 2. The van der Waals surface area contributed by atoms with Gasteiger partial charge in [-0.05, 0) is 27.7 Å². The van der Waals surface area contributed by atoms with Crippen LogP contribution in [0.1, 0.15) is 40.3 Å². The van der Waals surface area contributed by atoms with Crippen molar-refractivity contribution in [2.75, 3.05) is 0 Å². The van der Waals surface area contributed by atoms with Gasteiger partial charge in [0.15, 0.2) is 0 Å². The maximum absolute atomic E-state index is 5.34. The molecule has 0 spiro atoms. The van der Waals surface area contributed by atoms with Gasteiger partial charge < -0.3 is 0 Å². The number of aryl methyl sites for hydroxylation is 6. The summed E-state index contributed by atoms with van der Waals surface area (Å²) in [6.45, 7) is 14.8. The van der Waals surface area contributed by atoms with Crippen LogP contribution in [-0.2, 0) is 15.3 Å². The van der Waals surface area contributed by atoms with Crippen LogP contribution in [0.15, 0.2) is 48.5 Å². The van der Waals surface area contributed by atoms with E-state index < -0.39 is 15.3 Å². The fourth-order valence-electron chi connectivity index (χ4n) is 3.29. The summed E-state index contributed by atoms with van der Waals surface area (Å²) in [4.78, 5) is 0. The van der Waals surface area contributed by atoms with Crippen molar-refractivity contribution >= 4 is 44.5 Å². The van der Waals surface area contributed by atoms with Crippen LogP contribution in [-0.4, -0.2) is 4.31 Å². The van der Waals surface area contributed by atoms with Gasteiger partial charge in [-0.3, -0.25) is 0 Å². The van der Waals surface area contributed by atoms with Crippen molar-refractivity contribution in [1.29, 1.82) is 0 Å². The number of rotatable bonds is 0. The summed E-state index contributed by atoms with van der Waals surface area (Å²) in [5, 5.41) is 5.48. The fourth-order valence-corrected chi connectivity index (χ4v) is 3.29. The van der Waals surface area contributed by atoms with E-state index >= 15 is 0 Å². The Labute approximate surface area is 189 Å². The molecule has 4 rings (SSSR count). The number of hydrogen-bond donors (Lipinski definition) is 0. The van der Waals surface area contributed by atoms with Gasteiger partial charge in [-0.2, -0.15) is 12.1 Å². The quantitative estimate of drug-likeness (QED) is 0.182. The van der Waals surface area contributed by atoms with Crippen LogP contribution in [0.4, 0.5) is 0 Å². The van der Waals surface area contributed by atoms with Crippen LogP contribution < -0.4 is 0 Å². The molecule has 0 saturated heterocycles. The van der Waals surface area contributed by atoms with Crippen molar-refractivity contribution in [2.24, 2.45) is 0 Å². The molecule has 4 aromatic carbocycles. The van der Waals surface area contributed by atoms with E-state index in [1.54, 1.807) is 0 Å². The molecule has 0 amide bonds. The van der Waals surface area contributed by atoms with E-state index in [2.05, 4.69) is 90.1 Å². The summed E-state index contributed by atoms with van der Waals surface area (Å²) >= 11 is -1.54. The molecule has 0 aliphatic carbocycles. The standard InChI is InChI=1S/2C12H13.C2H4.2ClH.Ti/c2*1-8-4-11-6-9(2)10(3)7-12(11)5-8;1-2;;;/h2*4-7H,1-3H3;1H,2H3;2*1H;/q2*-1;;;;+2/p-2. The molecule has 154 valence electrons. The largest absolute Gasteiger partial charge is 0.165 e. The maximum atomic E-state index is 5.34. The van der Waals surface area contributed by atoms with Crippen molar-refractivity contribution in [3.05, 3.63) is 81.9 Å². The van der Waals surface area contributed by atoms with Crippen LogP contribution >= 0.6 is 18.6 Å². The molecule has 0 bridgehead atoms. The Balaban J connectivity index is 0.000000170. The molecule has 3 heteroatoms. The molecular weight excluding hydrogens is 431 g/mol. The van der Waals surface area contributed by atoms with Crippen molar-refractivity contribution < 1.29 is 15.3 Å². The van der Waals surface area contributed by atoms with Gasteiger partial charge in [0.1, 0.15) is 0 Å². The Morgan fingerprint density at radius 2 is 0.931 bits per heavy atom. The maximum Gasteiger partial charge on any atom is -0.0411 e. The molecule has 29 heavy (non-hydrogen) atoms. The summed E-state index contributed by atoms with van der Waals surface area (Å²) < 4.78 is 1.86. The van der Waals surface area contributed by atoms with Crippen LogP contribution in [0.2, 0.25) is 0 Å². The first-order valence-corrected chi connectivity index (χ1v) is 15.1. The molecule has 0 N–H and O–H groups in total. The van der Waals surface area contributed by atoms with Crippen LogP contribution in [0, 0.1) is 41.5 Å². The second-order valence-electron chi connectivity index (χ2n) is 7.77. The second-order valence-corrected chi connectivity index (χ2v) is 13.7. The molecule has 0 unspecified atom stereocenters. The third kappa shape index (κ3) is 6.93. The van der Waals surface area contributed by atoms with Gasteiger partial charge in [-0.1, -0.05) is 36.1 Å².